The number of hydrogen-bond donors (Lipinski definition) is 0. The van der Waals surface area contributed by atoms with E-state index in [-0.39, 0.29) is 0 Å². The molecule has 2 heterocycles. The molecule has 194 valence electrons. The summed E-state index contributed by atoms with van der Waals surface area (Å²) in [6.07, 6.45) is 0. The Bertz CT molecular complexity index is 1550. The third kappa shape index (κ3) is 5.75. The van der Waals surface area contributed by atoms with E-state index in [4.69, 9.17) is 21.6 Å². The molecule has 0 unspecified atom stereocenters. The zero-order valence-corrected chi connectivity index (χ0v) is 23.4. The van der Waals surface area contributed by atoms with Crippen LogP contribution in [0, 0.1) is 6.92 Å². The smallest absolute Gasteiger partial charge is 0.146 e. The summed E-state index contributed by atoms with van der Waals surface area (Å²) >= 11 is 7.79. The van der Waals surface area contributed by atoms with Gasteiger partial charge in [-0.2, -0.15) is 0 Å². The van der Waals surface area contributed by atoms with E-state index in [1.165, 1.54) is 11.3 Å². The number of rotatable bonds is 5. The summed E-state index contributed by atoms with van der Waals surface area (Å²) in [7, 11) is 0. The van der Waals surface area contributed by atoms with E-state index >= 15 is 0 Å². The highest BCUT2D eigenvalue weighted by atomic mass is 35.5. The Morgan fingerprint density at radius 1 is 0.744 bits per heavy atom. The first-order chi connectivity index (χ1) is 19.1. The molecule has 0 radical (unpaired) electrons. The maximum atomic E-state index is 6.17. The highest BCUT2D eigenvalue weighted by Crippen LogP contribution is 2.40. The number of para-hydroxylation sites is 1. The minimum Gasteiger partial charge on any atom is -0.368 e. The van der Waals surface area contributed by atoms with Gasteiger partial charge in [0.25, 0.3) is 0 Å². The fourth-order valence-corrected chi connectivity index (χ4v) is 5.91. The van der Waals surface area contributed by atoms with E-state index in [1.54, 1.807) is 11.3 Å². The second-order valence-electron chi connectivity index (χ2n) is 9.66. The van der Waals surface area contributed by atoms with Crippen molar-refractivity contribution in [2.24, 2.45) is 4.99 Å². The molecular formula is C33H29ClN4S. The zero-order chi connectivity index (χ0) is 26.6. The minimum atomic E-state index is 0.716. The van der Waals surface area contributed by atoms with E-state index in [0.717, 1.165) is 64.4 Å². The average Bonchev–Trinajstić information content (AvgIpc) is 3.42. The summed E-state index contributed by atoms with van der Waals surface area (Å²) in [5, 5.41) is 2.56. The maximum absolute atomic E-state index is 6.17. The van der Waals surface area contributed by atoms with Crippen LogP contribution in [0.3, 0.4) is 0 Å². The molecule has 4 nitrogen and oxygen atoms in total. The van der Waals surface area contributed by atoms with Crippen molar-refractivity contribution in [3.63, 3.8) is 0 Å². The Hall–Kier alpha value is -3.93. The fourth-order valence-electron chi connectivity index (χ4n) is 4.82. The summed E-state index contributed by atoms with van der Waals surface area (Å²) in [5.41, 5.74) is 6.63. The second-order valence-corrected chi connectivity index (χ2v) is 11.1. The number of piperazine rings is 1. The number of halogens is 1. The summed E-state index contributed by atoms with van der Waals surface area (Å²) in [4.78, 5) is 15.3. The molecule has 0 atom stereocenters. The van der Waals surface area contributed by atoms with Gasteiger partial charge in [0.1, 0.15) is 21.5 Å². The third-order valence-corrected chi connectivity index (χ3v) is 8.22. The highest BCUT2D eigenvalue weighted by molar-refractivity contribution is 7.19. The van der Waals surface area contributed by atoms with Crippen LogP contribution < -0.4 is 4.90 Å². The zero-order valence-electron chi connectivity index (χ0n) is 21.8. The first-order valence-corrected chi connectivity index (χ1v) is 14.4. The molecule has 0 N–H and O–H groups in total. The molecule has 5 aromatic rings. The topological polar surface area (TPSA) is 31.7 Å². The number of benzene rings is 4. The van der Waals surface area contributed by atoms with Gasteiger partial charge in [0.15, 0.2) is 0 Å². The van der Waals surface area contributed by atoms with Gasteiger partial charge in [-0.05, 0) is 31.2 Å². The van der Waals surface area contributed by atoms with Crippen LogP contribution in [0.15, 0.2) is 114 Å². The number of aliphatic imine (C=N–C) groups is 1. The van der Waals surface area contributed by atoms with Crippen LogP contribution in [-0.2, 0) is 0 Å². The molecule has 1 saturated heterocycles. The monoisotopic (exact) mass is 548 g/mol. The molecule has 0 aliphatic carbocycles. The maximum Gasteiger partial charge on any atom is 0.146 e. The lowest BCUT2D eigenvalue weighted by atomic mass is 10.1. The summed E-state index contributed by atoms with van der Waals surface area (Å²) in [5.74, 6) is 0.992. The number of anilines is 1. The minimum absolute atomic E-state index is 0.716. The van der Waals surface area contributed by atoms with Crippen molar-refractivity contribution in [1.82, 2.24) is 9.88 Å². The summed E-state index contributed by atoms with van der Waals surface area (Å²) < 4.78 is 0. The van der Waals surface area contributed by atoms with Crippen LogP contribution in [-0.4, -0.2) is 41.9 Å². The highest BCUT2D eigenvalue weighted by Gasteiger charge is 2.23. The Labute approximate surface area is 238 Å². The van der Waals surface area contributed by atoms with Crippen LogP contribution in [0.2, 0.25) is 5.02 Å². The Morgan fingerprint density at radius 3 is 2.05 bits per heavy atom. The molecule has 1 aromatic heterocycles. The van der Waals surface area contributed by atoms with Gasteiger partial charge in [0.05, 0.1) is 0 Å². The fraction of sp³-hybridized carbons (Fsp3) is 0.152. The Kier molecular flexibility index (Phi) is 7.44. The summed E-state index contributed by atoms with van der Waals surface area (Å²) in [6.45, 7) is 5.79. The standard InChI is InChI=1S/C33H29ClN4S/c1-24-12-14-26(15-13-24)31(38-22-20-37(21-23-38)29-10-6-3-7-11-29)36-33-30(25-8-4-2-5-9-25)35-32(39-33)27-16-18-28(34)19-17-27/h2-19H,20-23H2,1H3/b36-31-. The number of nitrogens with zero attached hydrogens (tertiary/aromatic N) is 4. The van der Waals surface area contributed by atoms with E-state index < -0.39 is 0 Å². The number of amidine groups is 1. The Morgan fingerprint density at radius 2 is 1.38 bits per heavy atom. The van der Waals surface area contributed by atoms with Gasteiger partial charge in [-0.3, -0.25) is 0 Å². The quantitative estimate of drug-likeness (QED) is 0.163. The van der Waals surface area contributed by atoms with Crippen LogP contribution in [0.5, 0.6) is 0 Å². The Balaban J connectivity index is 1.41. The van der Waals surface area contributed by atoms with Gasteiger partial charge < -0.3 is 9.80 Å². The second kappa shape index (κ2) is 11.4. The van der Waals surface area contributed by atoms with Crippen LogP contribution in [0.4, 0.5) is 10.7 Å². The van der Waals surface area contributed by atoms with Crippen LogP contribution in [0.25, 0.3) is 21.8 Å². The lowest BCUT2D eigenvalue weighted by molar-refractivity contribution is 0.386. The van der Waals surface area contributed by atoms with Gasteiger partial charge in [0.2, 0.25) is 0 Å². The largest absolute Gasteiger partial charge is 0.368 e. The number of hydrogen-bond acceptors (Lipinski definition) is 4. The molecule has 1 aliphatic heterocycles. The lowest BCUT2D eigenvalue weighted by Crippen LogP contribution is -2.49. The van der Waals surface area contributed by atoms with E-state index in [0.29, 0.717) is 5.02 Å². The molecule has 1 aliphatic rings. The van der Waals surface area contributed by atoms with E-state index in [1.807, 2.05) is 42.5 Å². The van der Waals surface area contributed by atoms with Gasteiger partial charge in [-0.15, -0.1) is 0 Å². The SMILES string of the molecule is Cc1ccc(/C(=N/c2sc(-c3ccc(Cl)cc3)nc2-c2ccccc2)N2CCN(c3ccccc3)CC2)cc1. The van der Waals surface area contributed by atoms with Crippen LogP contribution in [0.1, 0.15) is 11.1 Å². The molecular weight excluding hydrogens is 520 g/mol. The number of aryl methyl sites for hydroxylation is 1. The molecule has 0 amide bonds. The number of thiazole rings is 1. The van der Waals surface area contributed by atoms with Gasteiger partial charge in [0, 0.05) is 53.6 Å². The van der Waals surface area contributed by atoms with E-state index in [9.17, 15) is 0 Å². The van der Waals surface area contributed by atoms with Crippen molar-refractivity contribution < 1.29 is 0 Å². The molecule has 39 heavy (non-hydrogen) atoms. The predicted molar refractivity (Wildman–Crippen MR) is 166 cm³/mol. The van der Waals surface area contributed by atoms with Crippen molar-refractivity contribution in [1.29, 1.82) is 0 Å². The molecule has 0 saturated carbocycles. The van der Waals surface area contributed by atoms with Crippen molar-refractivity contribution in [2.45, 2.75) is 6.92 Å². The first kappa shape index (κ1) is 25.4. The normalized spacial score (nSPS) is 14.1. The molecule has 0 spiro atoms. The predicted octanol–water partition coefficient (Wildman–Crippen LogP) is 8.34. The van der Waals surface area contributed by atoms with Crippen molar-refractivity contribution in [3.05, 3.63) is 125 Å². The molecule has 1 fully saturated rings. The average molecular weight is 549 g/mol. The lowest BCUT2D eigenvalue weighted by Gasteiger charge is -2.37. The molecule has 6 rings (SSSR count). The van der Waals surface area contributed by atoms with Crippen LogP contribution >= 0.6 is 22.9 Å². The first-order valence-electron chi connectivity index (χ1n) is 13.2. The van der Waals surface area contributed by atoms with Crippen molar-refractivity contribution in [3.8, 4) is 21.8 Å². The summed E-state index contributed by atoms with van der Waals surface area (Å²) in [6, 6.07) is 37.5. The molecule has 6 heteroatoms. The van der Waals surface area contributed by atoms with Gasteiger partial charge >= 0.3 is 0 Å². The van der Waals surface area contributed by atoms with E-state index in [2.05, 4.69) is 83.5 Å². The molecule has 0 bridgehead atoms. The number of aromatic nitrogens is 1. The van der Waals surface area contributed by atoms with Crippen molar-refractivity contribution in [2.75, 3.05) is 31.1 Å². The third-order valence-electron chi connectivity index (χ3n) is 6.97. The van der Waals surface area contributed by atoms with Gasteiger partial charge in [-0.1, -0.05) is 113 Å². The van der Waals surface area contributed by atoms with Crippen molar-refractivity contribution >= 4 is 39.5 Å². The van der Waals surface area contributed by atoms with Gasteiger partial charge in [-0.25, -0.2) is 9.98 Å². The molecule has 4 aromatic carbocycles.